The number of aromatic nitrogens is 1. The molecule has 0 fully saturated rings. The Kier molecular flexibility index (Phi) is 2.86. The summed E-state index contributed by atoms with van der Waals surface area (Å²) in [6.45, 7) is 0.624. The van der Waals surface area contributed by atoms with Crippen LogP contribution in [0, 0.1) is 0 Å². The van der Waals surface area contributed by atoms with Crippen LogP contribution in [-0.2, 0) is 6.54 Å². The first-order valence-electron chi connectivity index (χ1n) is 4.76. The zero-order valence-corrected chi connectivity index (χ0v) is 8.51. The molecule has 0 saturated heterocycles. The Labute approximate surface area is 92.3 Å². The molecule has 1 amide bonds. The summed E-state index contributed by atoms with van der Waals surface area (Å²) < 4.78 is 4.94. The van der Waals surface area contributed by atoms with Crippen LogP contribution in [0.3, 0.4) is 0 Å². The van der Waals surface area contributed by atoms with E-state index in [2.05, 4.69) is 10.3 Å². The summed E-state index contributed by atoms with van der Waals surface area (Å²) in [5.41, 5.74) is 7.20. The summed E-state index contributed by atoms with van der Waals surface area (Å²) in [5, 5.41) is 3.13. The van der Waals surface area contributed by atoms with Gasteiger partial charge in [-0.1, -0.05) is 0 Å². The van der Waals surface area contributed by atoms with E-state index in [1.165, 1.54) is 6.20 Å². The molecule has 0 aliphatic rings. The lowest BCUT2D eigenvalue weighted by atomic mass is 10.3. The van der Waals surface area contributed by atoms with E-state index in [0.29, 0.717) is 6.54 Å². The molecule has 2 aromatic rings. The SMILES string of the molecule is NC(=O)c1cc(NCc2ccoc2)ccn1. The molecule has 3 N–H and O–H groups in total. The smallest absolute Gasteiger partial charge is 0.267 e. The topological polar surface area (TPSA) is 81.2 Å². The van der Waals surface area contributed by atoms with Crippen LogP contribution in [-0.4, -0.2) is 10.9 Å². The van der Waals surface area contributed by atoms with Crippen molar-refractivity contribution in [2.75, 3.05) is 5.32 Å². The number of pyridine rings is 1. The molecule has 5 heteroatoms. The van der Waals surface area contributed by atoms with Crippen molar-refractivity contribution in [2.45, 2.75) is 6.54 Å². The Morgan fingerprint density at radius 1 is 1.50 bits per heavy atom. The highest BCUT2D eigenvalue weighted by molar-refractivity contribution is 5.91. The Morgan fingerprint density at radius 2 is 2.38 bits per heavy atom. The maximum absolute atomic E-state index is 10.9. The van der Waals surface area contributed by atoms with Gasteiger partial charge in [0.15, 0.2) is 0 Å². The fourth-order valence-electron chi connectivity index (χ4n) is 1.27. The van der Waals surface area contributed by atoms with Crippen LogP contribution in [0.2, 0.25) is 0 Å². The van der Waals surface area contributed by atoms with Crippen LogP contribution in [0.25, 0.3) is 0 Å². The second-order valence-electron chi connectivity index (χ2n) is 3.28. The van der Waals surface area contributed by atoms with E-state index in [1.54, 1.807) is 24.7 Å². The molecule has 0 aliphatic heterocycles. The summed E-state index contributed by atoms with van der Waals surface area (Å²) in [7, 11) is 0. The van der Waals surface area contributed by atoms with Crippen LogP contribution in [0.5, 0.6) is 0 Å². The minimum absolute atomic E-state index is 0.247. The van der Waals surface area contributed by atoms with Gasteiger partial charge in [0, 0.05) is 24.0 Å². The number of carbonyl (C=O) groups excluding carboxylic acids is 1. The molecule has 2 aromatic heterocycles. The van der Waals surface area contributed by atoms with Gasteiger partial charge in [0.1, 0.15) is 5.69 Å². The summed E-state index contributed by atoms with van der Waals surface area (Å²) in [6, 6.07) is 5.25. The fourth-order valence-corrected chi connectivity index (χ4v) is 1.27. The van der Waals surface area contributed by atoms with Gasteiger partial charge in [-0.05, 0) is 18.2 Å². The van der Waals surface area contributed by atoms with Gasteiger partial charge in [-0.15, -0.1) is 0 Å². The van der Waals surface area contributed by atoms with E-state index in [4.69, 9.17) is 10.2 Å². The highest BCUT2D eigenvalue weighted by Gasteiger charge is 2.02. The second kappa shape index (κ2) is 4.48. The van der Waals surface area contributed by atoms with Crippen LogP contribution < -0.4 is 11.1 Å². The maximum atomic E-state index is 10.9. The highest BCUT2D eigenvalue weighted by Crippen LogP contribution is 2.10. The van der Waals surface area contributed by atoms with Crippen LogP contribution in [0.1, 0.15) is 16.1 Å². The largest absolute Gasteiger partial charge is 0.472 e. The summed E-state index contributed by atoms with van der Waals surface area (Å²) >= 11 is 0. The van der Waals surface area contributed by atoms with Crippen molar-refractivity contribution in [1.82, 2.24) is 4.98 Å². The lowest BCUT2D eigenvalue weighted by Gasteiger charge is -2.04. The highest BCUT2D eigenvalue weighted by atomic mass is 16.3. The summed E-state index contributed by atoms with van der Waals surface area (Å²) in [5.74, 6) is -0.535. The van der Waals surface area contributed by atoms with Gasteiger partial charge < -0.3 is 15.5 Å². The number of hydrogen-bond donors (Lipinski definition) is 2. The average Bonchev–Trinajstić information content (AvgIpc) is 2.79. The zero-order valence-electron chi connectivity index (χ0n) is 8.51. The molecule has 2 heterocycles. The monoisotopic (exact) mass is 217 g/mol. The van der Waals surface area contributed by atoms with Gasteiger partial charge in [-0.25, -0.2) is 0 Å². The normalized spacial score (nSPS) is 10.0. The van der Waals surface area contributed by atoms with Gasteiger partial charge in [-0.3, -0.25) is 9.78 Å². The van der Waals surface area contributed by atoms with Gasteiger partial charge in [-0.2, -0.15) is 0 Å². The second-order valence-corrected chi connectivity index (χ2v) is 3.28. The Hall–Kier alpha value is -2.30. The number of furan rings is 1. The summed E-state index contributed by atoms with van der Waals surface area (Å²) in [6.07, 6.45) is 4.80. The number of hydrogen-bond acceptors (Lipinski definition) is 4. The van der Waals surface area contributed by atoms with Crippen molar-refractivity contribution < 1.29 is 9.21 Å². The molecule has 0 radical (unpaired) electrons. The van der Waals surface area contributed by atoms with Crippen molar-refractivity contribution in [1.29, 1.82) is 0 Å². The number of rotatable bonds is 4. The van der Waals surface area contributed by atoms with Crippen molar-refractivity contribution >= 4 is 11.6 Å². The number of nitrogens with one attached hydrogen (secondary N) is 1. The summed E-state index contributed by atoms with van der Waals surface area (Å²) in [4.78, 5) is 14.8. The molecular weight excluding hydrogens is 206 g/mol. The minimum atomic E-state index is -0.535. The number of amides is 1. The van der Waals surface area contributed by atoms with Crippen molar-refractivity contribution in [3.8, 4) is 0 Å². The molecule has 2 rings (SSSR count). The molecule has 16 heavy (non-hydrogen) atoms. The predicted octanol–water partition coefficient (Wildman–Crippen LogP) is 1.39. The molecule has 0 saturated carbocycles. The molecular formula is C11H11N3O2. The maximum Gasteiger partial charge on any atom is 0.267 e. The predicted molar refractivity (Wildman–Crippen MR) is 58.8 cm³/mol. The molecule has 0 unspecified atom stereocenters. The first-order valence-corrected chi connectivity index (χ1v) is 4.76. The number of nitrogens with zero attached hydrogens (tertiary/aromatic N) is 1. The van der Waals surface area contributed by atoms with Crippen molar-refractivity contribution in [2.24, 2.45) is 5.73 Å². The molecule has 0 bridgehead atoms. The molecule has 0 aliphatic carbocycles. The van der Waals surface area contributed by atoms with Gasteiger partial charge in [0.25, 0.3) is 5.91 Å². The van der Waals surface area contributed by atoms with Crippen LogP contribution >= 0.6 is 0 Å². The fraction of sp³-hybridized carbons (Fsp3) is 0.0909. The first-order chi connectivity index (χ1) is 7.75. The quantitative estimate of drug-likeness (QED) is 0.810. The molecule has 5 nitrogen and oxygen atoms in total. The first kappa shape index (κ1) is 10.2. The third-order valence-electron chi connectivity index (χ3n) is 2.09. The van der Waals surface area contributed by atoms with E-state index in [9.17, 15) is 4.79 Å². The van der Waals surface area contributed by atoms with E-state index < -0.39 is 5.91 Å². The Bertz CT molecular complexity index is 480. The van der Waals surface area contributed by atoms with E-state index in [-0.39, 0.29) is 5.69 Å². The lowest BCUT2D eigenvalue weighted by Crippen LogP contribution is -2.13. The van der Waals surface area contributed by atoms with Crippen LogP contribution in [0.4, 0.5) is 5.69 Å². The number of nitrogens with two attached hydrogens (primary N) is 1. The van der Waals surface area contributed by atoms with E-state index in [1.807, 2.05) is 6.07 Å². The third-order valence-corrected chi connectivity index (χ3v) is 2.09. The van der Waals surface area contributed by atoms with Crippen molar-refractivity contribution in [3.63, 3.8) is 0 Å². The Morgan fingerprint density at radius 3 is 3.06 bits per heavy atom. The average molecular weight is 217 g/mol. The molecule has 0 aromatic carbocycles. The Balaban J connectivity index is 2.04. The lowest BCUT2D eigenvalue weighted by molar-refractivity contribution is 0.0995. The van der Waals surface area contributed by atoms with E-state index >= 15 is 0 Å². The number of anilines is 1. The molecule has 0 spiro atoms. The number of primary amides is 1. The standard InChI is InChI=1S/C11H11N3O2/c12-11(15)10-5-9(1-3-13-10)14-6-8-2-4-16-7-8/h1-5,7H,6H2,(H2,12,15)(H,13,14). The van der Waals surface area contributed by atoms with Crippen LogP contribution in [0.15, 0.2) is 41.3 Å². The van der Waals surface area contributed by atoms with E-state index in [0.717, 1.165) is 11.3 Å². The van der Waals surface area contributed by atoms with Gasteiger partial charge in [0.2, 0.25) is 0 Å². The van der Waals surface area contributed by atoms with Gasteiger partial charge >= 0.3 is 0 Å². The molecule has 0 atom stereocenters. The van der Waals surface area contributed by atoms with Crippen molar-refractivity contribution in [3.05, 3.63) is 48.2 Å². The van der Waals surface area contributed by atoms with Gasteiger partial charge in [0.05, 0.1) is 12.5 Å². The third kappa shape index (κ3) is 2.38. The zero-order chi connectivity index (χ0) is 11.4. The molecule has 82 valence electrons. The minimum Gasteiger partial charge on any atom is -0.472 e. The number of carbonyl (C=O) groups is 1.